The van der Waals surface area contributed by atoms with Crippen LogP contribution in [0.1, 0.15) is 47.0 Å². The Labute approximate surface area is 150 Å². The van der Waals surface area contributed by atoms with Gasteiger partial charge in [-0.2, -0.15) is 5.06 Å². The molecule has 1 aliphatic heterocycles. The molecule has 0 saturated carbocycles. The maximum atomic E-state index is 10.8. The van der Waals surface area contributed by atoms with E-state index in [4.69, 9.17) is 19.3 Å². The van der Waals surface area contributed by atoms with E-state index < -0.39 is 23.5 Å². The number of aliphatic hydroxyl groups excluding tert-OH is 3. The van der Waals surface area contributed by atoms with Crippen LogP contribution in [0, 0.1) is 0 Å². The molecule has 1 aliphatic rings. The molecule has 8 nitrogen and oxygen atoms in total. The van der Waals surface area contributed by atoms with Gasteiger partial charge in [0.1, 0.15) is 0 Å². The summed E-state index contributed by atoms with van der Waals surface area (Å²) in [4.78, 5) is 0. The first-order valence-corrected chi connectivity index (χ1v) is 8.91. The van der Waals surface area contributed by atoms with Gasteiger partial charge in [0.2, 0.25) is 0 Å². The molecule has 4 N–H and O–H groups in total. The lowest BCUT2D eigenvalue weighted by Gasteiger charge is -2.53. The Kier molecular flexibility index (Phi) is 9.20. The van der Waals surface area contributed by atoms with Crippen molar-refractivity contribution in [1.29, 1.82) is 0 Å². The normalized spacial score (nSPS) is 29.5. The molecule has 0 bridgehead atoms. The van der Waals surface area contributed by atoms with Crippen molar-refractivity contribution in [3.8, 4) is 0 Å². The van der Waals surface area contributed by atoms with Crippen LogP contribution in [-0.2, 0) is 14.2 Å². The van der Waals surface area contributed by atoms with Gasteiger partial charge in [-0.15, -0.1) is 0 Å². The molecule has 1 fully saturated rings. The zero-order chi connectivity index (χ0) is 19.1. The van der Waals surface area contributed by atoms with Gasteiger partial charge in [-0.1, -0.05) is 0 Å². The van der Waals surface area contributed by atoms with Crippen molar-refractivity contribution in [3.63, 3.8) is 0 Å². The first-order valence-electron chi connectivity index (χ1n) is 8.91. The minimum atomic E-state index is -0.886. The molecule has 0 aromatic heterocycles. The SMILES string of the molecule is CC(O)COC(CO)OCC1(C)C(OCCCO)CCC(C)(C)N1O. The molecule has 0 aromatic rings. The van der Waals surface area contributed by atoms with Crippen molar-refractivity contribution in [2.75, 3.05) is 33.0 Å². The lowest BCUT2D eigenvalue weighted by molar-refractivity contribution is -0.305. The molecular formula is C17H35NO7. The molecule has 0 aromatic carbocycles. The quantitative estimate of drug-likeness (QED) is 0.310. The third kappa shape index (κ3) is 6.41. The van der Waals surface area contributed by atoms with Crippen LogP contribution in [-0.4, -0.2) is 88.2 Å². The van der Waals surface area contributed by atoms with Crippen LogP contribution in [0.3, 0.4) is 0 Å². The van der Waals surface area contributed by atoms with E-state index >= 15 is 0 Å². The van der Waals surface area contributed by atoms with Crippen molar-refractivity contribution < 1.29 is 34.7 Å². The van der Waals surface area contributed by atoms with Gasteiger partial charge in [-0.3, -0.25) is 0 Å². The monoisotopic (exact) mass is 365 g/mol. The van der Waals surface area contributed by atoms with Crippen LogP contribution in [0.25, 0.3) is 0 Å². The average Bonchev–Trinajstić information content (AvgIpc) is 2.55. The van der Waals surface area contributed by atoms with Crippen molar-refractivity contribution in [2.24, 2.45) is 0 Å². The molecule has 4 unspecified atom stereocenters. The predicted octanol–water partition coefficient (Wildman–Crippen LogP) is 0.509. The fourth-order valence-corrected chi connectivity index (χ4v) is 3.10. The Morgan fingerprint density at radius 3 is 2.44 bits per heavy atom. The number of aliphatic hydroxyl groups is 3. The second kappa shape index (κ2) is 10.1. The summed E-state index contributed by atoms with van der Waals surface area (Å²) in [6.45, 7) is 7.55. The summed E-state index contributed by atoms with van der Waals surface area (Å²) < 4.78 is 16.9. The van der Waals surface area contributed by atoms with Crippen LogP contribution in [0.4, 0.5) is 0 Å². The summed E-state index contributed by atoms with van der Waals surface area (Å²) >= 11 is 0. The topological polar surface area (TPSA) is 112 Å². The fourth-order valence-electron chi connectivity index (χ4n) is 3.10. The minimum Gasteiger partial charge on any atom is -0.396 e. The Morgan fingerprint density at radius 2 is 1.88 bits per heavy atom. The highest BCUT2D eigenvalue weighted by atomic mass is 16.7. The fraction of sp³-hybridized carbons (Fsp3) is 1.00. The second-order valence-electron chi connectivity index (χ2n) is 7.56. The predicted molar refractivity (Wildman–Crippen MR) is 91.2 cm³/mol. The first-order chi connectivity index (χ1) is 11.7. The lowest BCUT2D eigenvalue weighted by atomic mass is 9.79. The zero-order valence-electron chi connectivity index (χ0n) is 15.8. The summed E-state index contributed by atoms with van der Waals surface area (Å²) in [6, 6.07) is 0. The van der Waals surface area contributed by atoms with E-state index in [0.717, 1.165) is 12.8 Å². The number of ether oxygens (including phenoxy) is 3. The maximum Gasteiger partial charge on any atom is 0.180 e. The van der Waals surface area contributed by atoms with Crippen LogP contribution in [0.15, 0.2) is 0 Å². The standard InChI is InChI=1S/C17H35NO7/c1-13(21)11-24-15(10-20)25-12-17(4)14(23-9-5-8-19)6-7-16(2,3)18(17)22/h13-15,19-22H,5-12H2,1-4H3. The molecule has 0 amide bonds. The van der Waals surface area contributed by atoms with Gasteiger partial charge in [0.15, 0.2) is 6.29 Å². The Bertz CT molecular complexity index is 380. The molecule has 1 heterocycles. The number of hydroxylamine groups is 2. The number of hydrogen-bond donors (Lipinski definition) is 4. The second-order valence-corrected chi connectivity index (χ2v) is 7.56. The average molecular weight is 365 g/mol. The van der Waals surface area contributed by atoms with Crippen LogP contribution in [0.2, 0.25) is 0 Å². The zero-order valence-corrected chi connectivity index (χ0v) is 15.8. The Hall–Kier alpha value is -0.320. The van der Waals surface area contributed by atoms with E-state index in [-0.39, 0.29) is 32.5 Å². The molecule has 0 aliphatic carbocycles. The summed E-state index contributed by atoms with van der Waals surface area (Å²) in [6.07, 6.45) is 0.194. The van der Waals surface area contributed by atoms with Crippen LogP contribution in [0.5, 0.6) is 0 Å². The Balaban J connectivity index is 2.77. The highest BCUT2D eigenvalue weighted by molar-refractivity contribution is 5.01. The third-order valence-corrected chi connectivity index (χ3v) is 4.62. The molecule has 1 rings (SSSR count). The molecule has 8 heteroatoms. The van der Waals surface area contributed by atoms with Gasteiger partial charge in [-0.05, 0) is 47.0 Å². The summed E-state index contributed by atoms with van der Waals surface area (Å²) in [5, 5.41) is 39.7. The first kappa shape index (κ1) is 22.7. The molecule has 25 heavy (non-hydrogen) atoms. The number of nitrogens with zero attached hydrogens (tertiary/aromatic N) is 1. The number of piperidine rings is 1. The van der Waals surface area contributed by atoms with Gasteiger partial charge in [0, 0.05) is 18.8 Å². The summed E-state index contributed by atoms with van der Waals surface area (Å²) in [5.41, 5.74) is -1.27. The van der Waals surface area contributed by atoms with E-state index in [1.54, 1.807) is 6.92 Å². The van der Waals surface area contributed by atoms with Crippen LogP contribution >= 0.6 is 0 Å². The van der Waals surface area contributed by atoms with Gasteiger partial charge in [0.05, 0.1) is 37.6 Å². The van der Waals surface area contributed by atoms with Gasteiger partial charge in [0.25, 0.3) is 0 Å². The third-order valence-electron chi connectivity index (χ3n) is 4.62. The summed E-state index contributed by atoms with van der Waals surface area (Å²) in [5.74, 6) is 0. The van der Waals surface area contributed by atoms with Crippen molar-refractivity contribution >= 4 is 0 Å². The van der Waals surface area contributed by atoms with Gasteiger partial charge in [-0.25, -0.2) is 0 Å². The molecular weight excluding hydrogens is 330 g/mol. The van der Waals surface area contributed by atoms with Crippen molar-refractivity contribution in [3.05, 3.63) is 0 Å². The highest BCUT2D eigenvalue weighted by Crippen LogP contribution is 2.39. The minimum absolute atomic E-state index is 0.0483. The van der Waals surface area contributed by atoms with E-state index in [2.05, 4.69) is 0 Å². The van der Waals surface area contributed by atoms with Crippen molar-refractivity contribution in [1.82, 2.24) is 5.06 Å². The lowest BCUT2D eigenvalue weighted by Crippen LogP contribution is -2.67. The smallest absolute Gasteiger partial charge is 0.180 e. The molecule has 4 atom stereocenters. The highest BCUT2D eigenvalue weighted by Gasteiger charge is 2.51. The largest absolute Gasteiger partial charge is 0.396 e. The number of rotatable bonds is 11. The molecule has 150 valence electrons. The van der Waals surface area contributed by atoms with E-state index in [0.29, 0.717) is 13.0 Å². The van der Waals surface area contributed by atoms with E-state index in [1.165, 1.54) is 5.06 Å². The Morgan fingerprint density at radius 1 is 1.20 bits per heavy atom. The number of hydrogen-bond acceptors (Lipinski definition) is 8. The molecule has 1 saturated heterocycles. The molecule has 0 radical (unpaired) electrons. The van der Waals surface area contributed by atoms with Crippen molar-refractivity contribution in [2.45, 2.75) is 76.5 Å². The van der Waals surface area contributed by atoms with Crippen LogP contribution < -0.4 is 0 Å². The van der Waals surface area contributed by atoms with E-state index in [1.807, 2.05) is 20.8 Å². The van der Waals surface area contributed by atoms with Gasteiger partial charge >= 0.3 is 0 Å². The van der Waals surface area contributed by atoms with E-state index in [9.17, 15) is 15.4 Å². The molecule has 0 spiro atoms. The summed E-state index contributed by atoms with van der Waals surface area (Å²) in [7, 11) is 0. The van der Waals surface area contributed by atoms with Gasteiger partial charge < -0.3 is 34.7 Å². The maximum absolute atomic E-state index is 10.8.